The van der Waals surface area contributed by atoms with E-state index in [9.17, 15) is 4.79 Å². The standard InChI is InChI=1S/C18H27NO3/c1-2-5-17-16(10-13-21-17)18(20)19-11-8-15(9-12-19)22-14-6-3-4-7-14/h10,13-15H,2-9,11-12H2,1H3. The largest absolute Gasteiger partial charge is 0.469 e. The van der Waals surface area contributed by atoms with E-state index in [0.717, 1.165) is 50.1 Å². The molecule has 0 aromatic carbocycles. The SMILES string of the molecule is CCCc1occc1C(=O)N1CCC(OC2CCCC2)CC1. The average Bonchev–Trinajstić information content (AvgIpc) is 3.19. The van der Waals surface area contributed by atoms with E-state index >= 15 is 0 Å². The van der Waals surface area contributed by atoms with Crippen LogP contribution >= 0.6 is 0 Å². The molecule has 4 nitrogen and oxygen atoms in total. The van der Waals surface area contributed by atoms with Gasteiger partial charge < -0.3 is 14.1 Å². The molecule has 2 heterocycles. The first kappa shape index (κ1) is 15.6. The highest BCUT2D eigenvalue weighted by molar-refractivity contribution is 5.95. The lowest BCUT2D eigenvalue weighted by Crippen LogP contribution is -2.41. The molecule has 0 unspecified atom stereocenters. The van der Waals surface area contributed by atoms with Gasteiger partial charge in [0.05, 0.1) is 24.0 Å². The van der Waals surface area contributed by atoms with E-state index in [1.54, 1.807) is 6.26 Å². The molecule has 1 aliphatic heterocycles. The van der Waals surface area contributed by atoms with E-state index in [1.807, 2.05) is 11.0 Å². The van der Waals surface area contributed by atoms with Crippen LogP contribution in [-0.2, 0) is 11.2 Å². The summed E-state index contributed by atoms with van der Waals surface area (Å²) in [6, 6.07) is 1.81. The molecule has 1 saturated heterocycles. The van der Waals surface area contributed by atoms with Gasteiger partial charge in [-0.3, -0.25) is 4.79 Å². The van der Waals surface area contributed by atoms with Crippen LogP contribution in [0.15, 0.2) is 16.7 Å². The van der Waals surface area contributed by atoms with Gasteiger partial charge >= 0.3 is 0 Å². The second kappa shape index (κ2) is 7.32. The van der Waals surface area contributed by atoms with Crippen molar-refractivity contribution in [1.82, 2.24) is 4.90 Å². The van der Waals surface area contributed by atoms with Crippen LogP contribution in [0.25, 0.3) is 0 Å². The zero-order valence-electron chi connectivity index (χ0n) is 13.6. The Labute approximate surface area is 132 Å². The number of carbonyl (C=O) groups is 1. The fourth-order valence-corrected chi connectivity index (χ4v) is 3.61. The lowest BCUT2D eigenvalue weighted by Gasteiger charge is -2.33. The lowest BCUT2D eigenvalue weighted by molar-refractivity contribution is -0.0357. The molecule has 0 N–H and O–H groups in total. The van der Waals surface area contributed by atoms with Crippen molar-refractivity contribution in [2.45, 2.75) is 70.5 Å². The maximum atomic E-state index is 12.6. The van der Waals surface area contributed by atoms with Crippen molar-refractivity contribution in [3.05, 3.63) is 23.7 Å². The van der Waals surface area contributed by atoms with Gasteiger partial charge in [-0.25, -0.2) is 0 Å². The molecule has 1 aromatic rings. The fourth-order valence-electron chi connectivity index (χ4n) is 3.61. The van der Waals surface area contributed by atoms with Gasteiger partial charge in [0.15, 0.2) is 0 Å². The predicted molar refractivity (Wildman–Crippen MR) is 85.0 cm³/mol. The van der Waals surface area contributed by atoms with Crippen LogP contribution in [0, 0.1) is 0 Å². The summed E-state index contributed by atoms with van der Waals surface area (Å²) >= 11 is 0. The Morgan fingerprint density at radius 3 is 2.59 bits per heavy atom. The third kappa shape index (κ3) is 3.54. The minimum Gasteiger partial charge on any atom is -0.469 e. The average molecular weight is 305 g/mol. The van der Waals surface area contributed by atoms with Crippen molar-refractivity contribution in [1.29, 1.82) is 0 Å². The van der Waals surface area contributed by atoms with E-state index in [0.29, 0.717) is 12.2 Å². The Morgan fingerprint density at radius 2 is 1.91 bits per heavy atom. The molecule has 0 radical (unpaired) electrons. The fraction of sp³-hybridized carbons (Fsp3) is 0.722. The maximum absolute atomic E-state index is 12.6. The quantitative estimate of drug-likeness (QED) is 0.831. The van der Waals surface area contributed by atoms with Crippen molar-refractivity contribution < 1.29 is 13.9 Å². The Balaban J connectivity index is 1.52. The third-order valence-corrected chi connectivity index (χ3v) is 4.87. The molecule has 2 fully saturated rings. The topological polar surface area (TPSA) is 42.7 Å². The number of piperidine rings is 1. The number of ether oxygens (including phenoxy) is 1. The highest BCUT2D eigenvalue weighted by Gasteiger charge is 2.28. The van der Waals surface area contributed by atoms with Crippen LogP contribution in [-0.4, -0.2) is 36.1 Å². The molecule has 1 amide bonds. The van der Waals surface area contributed by atoms with Crippen molar-refractivity contribution in [2.24, 2.45) is 0 Å². The summed E-state index contributed by atoms with van der Waals surface area (Å²) in [5.41, 5.74) is 0.747. The number of furan rings is 1. The van der Waals surface area contributed by atoms with Crippen molar-refractivity contribution in [3.8, 4) is 0 Å². The Morgan fingerprint density at radius 1 is 1.23 bits per heavy atom. The number of hydrogen-bond donors (Lipinski definition) is 0. The van der Waals surface area contributed by atoms with Crippen LogP contribution < -0.4 is 0 Å². The van der Waals surface area contributed by atoms with Crippen LogP contribution in [0.4, 0.5) is 0 Å². The second-order valence-corrected chi connectivity index (χ2v) is 6.54. The summed E-state index contributed by atoms with van der Waals surface area (Å²) in [5.74, 6) is 0.952. The van der Waals surface area contributed by atoms with Gasteiger partial charge in [0.25, 0.3) is 5.91 Å². The summed E-state index contributed by atoms with van der Waals surface area (Å²) in [6.07, 6.45) is 11.2. The van der Waals surface area contributed by atoms with Gasteiger partial charge in [-0.15, -0.1) is 0 Å². The molecule has 0 atom stereocenters. The molecule has 1 aliphatic carbocycles. The molecule has 1 saturated carbocycles. The number of hydrogen-bond acceptors (Lipinski definition) is 3. The molecular weight excluding hydrogens is 278 g/mol. The van der Waals surface area contributed by atoms with Gasteiger partial charge in [0.2, 0.25) is 0 Å². The Hall–Kier alpha value is -1.29. The number of aryl methyl sites for hydroxylation is 1. The number of likely N-dealkylation sites (tertiary alicyclic amines) is 1. The number of carbonyl (C=O) groups excluding carboxylic acids is 1. The normalized spacial score (nSPS) is 20.7. The molecule has 0 spiro atoms. The van der Waals surface area contributed by atoms with Crippen molar-refractivity contribution >= 4 is 5.91 Å². The first-order valence-electron chi connectivity index (χ1n) is 8.79. The predicted octanol–water partition coefficient (Wildman–Crippen LogP) is 3.80. The van der Waals surface area contributed by atoms with E-state index in [4.69, 9.17) is 9.15 Å². The summed E-state index contributed by atoms with van der Waals surface area (Å²) in [6.45, 7) is 3.70. The van der Waals surface area contributed by atoms with E-state index in [-0.39, 0.29) is 5.91 Å². The third-order valence-electron chi connectivity index (χ3n) is 4.87. The number of amides is 1. The first-order valence-corrected chi connectivity index (χ1v) is 8.79. The lowest BCUT2D eigenvalue weighted by atomic mass is 10.1. The molecule has 2 aliphatic rings. The van der Waals surface area contributed by atoms with Gasteiger partial charge in [-0.1, -0.05) is 19.8 Å². The van der Waals surface area contributed by atoms with Crippen LogP contribution in [0.3, 0.4) is 0 Å². The summed E-state index contributed by atoms with van der Waals surface area (Å²) in [5, 5.41) is 0. The zero-order valence-corrected chi connectivity index (χ0v) is 13.6. The molecule has 1 aromatic heterocycles. The number of nitrogens with zero attached hydrogens (tertiary/aromatic N) is 1. The molecule has 122 valence electrons. The minimum absolute atomic E-state index is 0.122. The smallest absolute Gasteiger partial charge is 0.257 e. The molecule has 0 bridgehead atoms. The van der Waals surface area contributed by atoms with E-state index in [2.05, 4.69) is 6.92 Å². The molecular formula is C18H27NO3. The van der Waals surface area contributed by atoms with Crippen LogP contribution in [0.5, 0.6) is 0 Å². The van der Waals surface area contributed by atoms with Crippen LogP contribution in [0.2, 0.25) is 0 Å². The van der Waals surface area contributed by atoms with Gasteiger partial charge in [0, 0.05) is 19.5 Å². The zero-order chi connectivity index (χ0) is 15.4. The minimum atomic E-state index is 0.122. The highest BCUT2D eigenvalue weighted by atomic mass is 16.5. The van der Waals surface area contributed by atoms with E-state index in [1.165, 1.54) is 25.7 Å². The summed E-state index contributed by atoms with van der Waals surface area (Å²) in [4.78, 5) is 14.6. The summed E-state index contributed by atoms with van der Waals surface area (Å²) < 4.78 is 11.6. The Kier molecular flexibility index (Phi) is 5.19. The second-order valence-electron chi connectivity index (χ2n) is 6.54. The highest BCUT2D eigenvalue weighted by Crippen LogP contribution is 2.26. The summed E-state index contributed by atoms with van der Waals surface area (Å²) in [7, 11) is 0. The van der Waals surface area contributed by atoms with Crippen molar-refractivity contribution in [2.75, 3.05) is 13.1 Å². The van der Waals surface area contributed by atoms with E-state index < -0.39 is 0 Å². The molecule has 3 rings (SSSR count). The van der Waals surface area contributed by atoms with Crippen LogP contribution in [0.1, 0.15) is 68.0 Å². The monoisotopic (exact) mass is 305 g/mol. The first-order chi connectivity index (χ1) is 10.8. The van der Waals surface area contributed by atoms with Gasteiger partial charge in [0.1, 0.15) is 5.76 Å². The van der Waals surface area contributed by atoms with Gasteiger partial charge in [-0.05, 0) is 38.2 Å². The number of rotatable bonds is 5. The maximum Gasteiger partial charge on any atom is 0.257 e. The molecule has 22 heavy (non-hydrogen) atoms. The molecule has 4 heteroatoms. The van der Waals surface area contributed by atoms with Crippen molar-refractivity contribution in [3.63, 3.8) is 0 Å². The Bertz CT molecular complexity index is 482. The van der Waals surface area contributed by atoms with Gasteiger partial charge in [-0.2, -0.15) is 0 Å².